The molecule has 1 amide bonds. The Kier molecular flexibility index (Phi) is 5.02. The largest absolute Gasteiger partial charge is 0.337 e. The van der Waals surface area contributed by atoms with Crippen LogP contribution in [0.1, 0.15) is 26.6 Å². The van der Waals surface area contributed by atoms with Crippen molar-refractivity contribution in [3.8, 4) is 0 Å². The molecular weight excluding hydrogens is 389 g/mol. The Morgan fingerprint density at radius 3 is 2.83 bits per heavy atom. The molecular formula is C21H20FN5OS. The van der Waals surface area contributed by atoms with Crippen molar-refractivity contribution in [1.29, 1.82) is 0 Å². The van der Waals surface area contributed by atoms with E-state index in [1.807, 2.05) is 24.4 Å². The van der Waals surface area contributed by atoms with Crippen LogP contribution < -0.4 is 5.32 Å². The number of halogens is 1. The maximum absolute atomic E-state index is 14.0. The van der Waals surface area contributed by atoms with Gasteiger partial charge in [0, 0.05) is 24.3 Å². The van der Waals surface area contributed by atoms with E-state index in [1.165, 1.54) is 6.07 Å². The lowest BCUT2D eigenvalue weighted by molar-refractivity contribution is 0.0783. The minimum absolute atomic E-state index is 0.210. The molecule has 0 aliphatic rings. The molecule has 0 spiro atoms. The number of anilines is 2. The van der Waals surface area contributed by atoms with Crippen LogP contribution in [-0.4, -0.2) is 32.2 Å². The lowest BCUT2D eigenvalue weighted by atomic mass is 10.2. The van der Waals surface area contributed by atoms with Crippen molar-refractivity contribution < 1.29 is 9.18 Å². The molecule has 0 radical (unpaired) electrons. The summed E-state index contributed by atoms with van der Waals surface area (Å²) in [5.41, 5.74) is 2.50. The Hall–Kier alpha value is -3.26. The van der Waals surface area contributed by atoms with Crippen LogP contribution >= 0.6 is 11.3 Å². The number of para-hydroxylation sites is 1. The van der Waals surface area contributed by atoms with Gasteiger partial charge in [0.05, 0.1) is 29.2 Å². The third-order valence-corrected chi connectivity index (χ3v) is 5.54. The van der Waals surface area contributed by atoms with Crippen molar-refractivity contribution in [3.63, 3.8) is 0 Å². The lowest BCUT2D eigenvalue weighted by Gasteiger charge is -2.19. The quantitative estimate of drug-likeness (QED) is 0.525. The van der Waals surface area contributed by atoms with E-state index in [9.17, 15) is 9.18 Å². The van der Waals surface area contributed by atoms with Crippen molar-refractivity contribution in [2.24, 2.45) is 0 Å². The first-order valence-corrected chi connectivity index (χ1v) is 9.91. The zero-order chi connectivity index (χ0) is 20.5. The average Bonchev–Trinajstić information content (AvgIpc) is 3.19. The van der Waals surface area contributed by atoms with Crippen molar-refractivity contribution in [3.05, 3.63) is 76.4 Å². The Balaban J connectivity index is 1.61. The number of carbonyl (C=O) groups is 1. The third-order valence-electron chi connectivity index (χ3n) is 4.64. The molecule has 29 heavy (non-hydrogen) atoms. The van der Waals surface area contributed by atoms with Crippen molar-refractivity contribution >= 4 is 33.7 Å². The van der Waals surface area contributed by atoms with Crippen LogP contribution in [0, 0.1) is 19.7 Å². The SMILES string of the molecule is Cc1cn2c(CN(C)C(=O)c3cccnc3Nc3ccccc3F)c(C)nc2s1. The highest BCUT2D eigenvalue weighted by Crippen LogP contribution is 2.24. The number of imidazole rings is 1. The molecule has 0 aliphatic heterocycles. The fourth-order valence-corrected chi connectivity index (χ4v) is 4.06. The van der Waals surface area contributed by atoms with Gasteiger partial charge in [-0.05, 0) is 38.1 Å². The summed E-state index contributed by atoms with van der Waals surface area (Å²) < 4.78 is 16.0. The molecule has 0 saturated heterocycles. The number of nitrogens with zero attached hydrogens (tertiary/aromatic N) is 4. The summed E-state index contributed by atoms with van der Waals surface area (Å²) in [6, 6.07) is 9.67. The van der Waals surface area contributed by atoms with Gasteiger partial charge in [0.15, 0.2) is 4.96 Å². The number of fused-ring (bicyclic) bond motifs is 1. The van der Waals surface area contributed by atoms with Crippen LogP contribution in [-0.2, 0) is 6.54 Å². The molecule has 3 heterocycles. The number of aromatic nitrogens is 3. The first-order valence-electron chi connectivity index (χ1n) is 9.10. The number of pyridine rings is 1. The average molecular weight is 409 g/mol. The van der Waals surface area contributed by atoms with E-state index in [-0.39, 0.29) is 11.6 Å². The van der Waals surface area contributed by atoms with Crippen LogP contribution in [0.5, 0.6) is 0 Å². The molecule has 0 fully saturated rings. The van der Waals surface area contributed by atoms with Gasteiger partial charge in [-0.2, -0.15) is 0 Å². The van der Waals surface area contributed by atoms with Gasteiger partial charge in [0.2, 0.25) is 0 Å². The number of benzene rings is 1. The first-order chi connectivity index (χ1) is 13.9. The summed E-state index contributed by atoms with van der Waals surface area (Å²) >= 11 is 1.62. The van der Waals surface area contributed by atoms with Gasteiger partial charge in [0.25, 0.3) is 5.91 Å². The monoisotopic (exact) mass is 409 g/mol. The van der Waals surface area contributed by atoms with Crippen LogP contribution in [0.2, 0.25) is 0 Å². The van der Waals surface area contributed by atoms with Gasteiger partial charge < -0.3 is 10.2 Å². The number of carbonyl (C=O) groups excluding carboxylic acids is 1. The molecule has 8 heteroatoms. The van der Waals surface area contributed by atoms with E-state index in [4.69, 9.17) is 0 Å². The Morgan fingerprint density at radius 2 is 2.03 bits per heavy atom. The second kappa shape index (κ2) is 7.63. The second-order valence-corrected chi connectivity index (χ2v) is 8.02. The van der Waals surface area contributed by atoms with Gasteiger partial charge in [0.1, 0.15) is 11.6 Å². The fraction of sp³-hybridized carbons (Fsp3) is 0.190. The Bertz CT molecular complexity index is 1200. The van der Waals surface area contributed by atoms with E-state index >= 15 is 0 Å². The maximum Gasteiger partial charge on any atom is 0.257 e. The fourth-order valence-electron chi connectivity index (χ4n) is 3.17. The number of hydrogen-bond donors (Lipinski definition) is 1. The van der Waals surface area contributed by atoms with Crippen LogP contribution in [0.25, 0.3) is 4.96 Å². The molecule has 0 bridgehead atoms. The van der Waals surface area contributed by atoms with E-state index in [1.54, 1.807) is 59.8 Å². The molecule has 148 valence electrons. The van der Waals surface area contributed by atoms with Crippen molar-refractivity contribution in [2.75, 3.05) is 12.4 Å². The number of aryl methyl sites for hydroxylation is 2. The minimum Gasteiger partial charge on any atom is -0.337 e. The first kappa shape index (κ1) is 19.1. The van der Waals surface area contributed by atoms with Crippen molar-refractivity contribution in [2.45, 2.75) is 20.4 Å². The summed E-state index contributed by atoms with van der Waals surface area (Å²) in [5.74, 6) is -0.302. The number of nitrogens with one attached hydrogen (secondary N) is 1. The Morgan fingerprint density at radius 1 is 1.24 bits per heavy atom. The zero-order valence-electron chi connectivity index (χ0n) is 16.3. The molecule has 1 N–H and O–H groups in total. The predicted molar refractivity (Wildman–Crippen MR) is 112 cm³/mol. The molecule has 0 atom stereocenters. The van der Waals surface area contributed by atoms with Gasteiger partial charge in [-0.3, -0.25) is 9.20 Å². The summed E-state index contributed by atoms with van der Waals surface area (Å²) in [6.45, 7) is 4.37. The lowest BCUT2D eigenvalue weighted by Crippen LogP contribution is -2.28. The van der Waals surface area contributed by atoms with Gasteiger partial charge >= 0.3 is 0 Å². The minimum atomic E-state index is -0.407. The van der Waals surface area contributed by atoms with E-state index in [0.29, 0.717) is 17.9 Å². The highest BCUT2D eigenvalue weighted by atomic mass is 32.1. The number of amides is 1. The second-order valence-electron chi connectivity index (χ2n) is 6.80. The summed E-state index contributed by atoms with van der Waals surface area (Å²) in [4.78, 5) is 25.7. The molecule has 0 aliphatic carbocycles. The van der Waals surface area contributed by atoms with Gasteiger partial charge in [-0.25, -0.2) is 14.4 Å². The van der Waals surface area contributed by atoms with E-state index in [2.05, 4.69) is 15.3 Å². The molecule has 4 aromatic rings. The zero-order valence-corrected chi connectivity index (χ0v) is 17.1. The predicted octanol–water partition coefficient (Wildman–Crippen LogP) is 4.56. The van der Waals surface area contributed by atoms with Crippen LogP contribution in [0.15, 0.2) is 48.8 Å². The summed E-state index contributed by atoms with van der Waals surface area (Å²) in [7, 11) is 1.74. The summed E-state index contributed by atoms with van der Waals surface area (Å²) in [5, 5.41) is 2.93. The van der Waals surface area contributed by atoms with Gasteiger partial charge in [-0.15, -0.1) is 11.3 Å². The smallest absolute Gasteiger partial charge is 0.257 e. The van der Waals surface area contributed by atoms with Gasteiger partial charge in [-0.1, -0.05) is 12.1 Å². The highest BCUT2D eigenvalue weighted by molar-refractivity contribution is 7.17. The topological polar surface area (TPSA) is 62.5 Å². The number of hydrogen-bond acceptors (Lipinski definition) is 5. The number of rotatable bonds is 5. The molecule has 0 unspecified atom stereocenters. The number of thiazole rings is 1. The molecule has 3 aromatic heterocycles. The molecule has 1 aromatic carbocycles. The van der Waals surface area contributed by atoms with E-state index < -0.39 is 5.82 Å². The van der Waals surface area contributed by atoms with Crippen LogP contribution in [0.3, 0.4) is 0 Å². The molecule has 0 saturated carbocycles. The van der Waals surface area contributed by atoms with Crippen LogP contribution in [0.4, 0.5) is 15.9 Å². The standard InChI is InChI=1S/C21H20FN5OS/c1-13-11-27-18(14(2)24-21(27)29-13)12-26(3)20(28)15-7-6-10-23-19(15)25-17-9-5-4-8-16(17)22/h4-11H,12H2,1-3H3,(H,23,25). The van der Waals surface area contributed by atoms with Crippen molar-refractivity contribution in [1.82, 2.24) is 19.3 Å². The maximum atomic E-state index is 14.0. The summed E-state index contributed by atoms with van der Waals surface area (Å²) in [6.07, 6.45) is 3.60. The third kappa shape index (κ3) is 3.71. The Labute approximate surface area is 171 Å². The molecule has 6 nitrogen and oxygen atoms in total. The van der Waals surface area contributed by atoms with E-state index in [0.717, 1.165) is 21.2 Å². The molecule has 4 rings (SSSR count). The highest BCUT2D eigenvalue weighted by Gasteiger charge is 2.20. The normalized spacial score (nSPS) is 11.0.